The summed E-state index contributed by atoms with van der Waals surface area (Å²) in [5.41, 5.74) is 2.66. The third kappa shape index (κ3) is 4.11. The van der Waals surface area contributed by atoms with Gasteiger partial charge in [-0.1, -0.05) is 30.3 Å². The Hall–Kier alpha value is -2.33. The van der Waals surface area contributed by atoms with Crippen LogP contribution < -0.4 is 10.2 Å². The van der Waals surface area contributed by atoms with E-state index in [0.717, 1.165) is 25.2 Å². The van der Waals surface area contributed by atoms with Crippen molar-refractivity contribution in [3.63, 3.8) is 0 Å². The van der Waals surface area contributed by atoms with Gasteiger partial charge in [0.15, 0.2) is 0 Å². The number of rotatable bonds is 6. The van der Waals surface area contributed by atoms with E-state index in [1.807, 2.05) is 12.1 Å². The second-order valence-corrected chi connectivity index (χ2v) is 6.07. The zero-order valence-corrected chi connectivity index (χ0v) is 13.1. The van der Waals surface area contributed by atoms with Gasteiger partial charge in [-0.25, -0.2) is 4.79 Å². The van der Waals surface area contributed by atoms with Gasteiger partial charge in [-0.15, -0.1) is 0 Å². The average molecular weight is 310 g/mol. The van der Waals surface area contributed by atoms with Crippen LogP contribution >= 0.6 is 0 Å². The molecule has 0 amide bonds. The molecule has 120 valence electrons. The Kier molecular flexibility index (Phi) is 4.93. The number of nitrogens with zero attached hydrogens (tertiary/aromatic N) is 1. The Balaban J connectivity index is 1.47. The molecule has 0 spiro atoms. The fourth-order valence-corrected chi connectivity index (χ4v) is 3.11. The zero-order chi connectivity index (χ0) is 16.1. The smallest absolute Gasteiger partial charge is 0.335 e. The first kappa shape index (κ1) is 15.6. The van der Waals surface area contributed by atoms with E-state index >= 15 is 0 Å². The molecule has 2 N–H and O–H groups in total. The van der Waals surface area contributed by atoms with Crippen molar-refractivity contribution in [1.82, 2.24) is 5.32 Å². The van der Waals surface area contributed by atoms with Crippen molar-refractivity contribution in [3.8, 4) is 0 Å². The highest BCUT2D eigenvalue weighted by molar-refractivity contribution is 5.87. The summed E-state index contributed by atoms with van der Waals surface area (Å²) < 4.78 is 0. The molecule has 1 aliphatic heterocycles. The van der Waals surface area contributed by atoms with Gasteiger partial charge < -0.3 is 15.3 Å². The number of para-hydroxylation sites is 1. The lowest BCUT2D eigenvalue weighted by Gasteiger charge is -2.18. The molecule has 1 heterocycles. The van der Waals surface area contributed by atoms with Crippen molar-refractivity contribution >= 4 is 11.7 Å². The number of benzene rings is 2. The highest BCUT2D eigenvalue weighted by Crippen LogP contribution is 2.23. The van der Waals surface area contributed by atoms with Crippen LogP contribution in [0.1, 0.15) is 22.3 Å². The van der Waals surface area contributed by atoms with E-state index in [1.54, 1.807) is 18.2 Å². The molecule has 0 bridgehead atoms. The number of carbonyl (C=O) groups is 1. The van der Waals surface area contributed by atoms with Crippen LogP contribution in [0, 0.1) is 5.92 Å². The average Bonchev–Trinajstić information content (AvgIpc) is 3.05. The molecule has 4 nitrogen and oxygen atoms in total. The van der Waals surface area contributed by atoms with Crippen LogP contribution in [0.5, 0.6) is 0 Å². The standard InChI is InChI=1S/C19H22N2O2/c22-19(23)17-6-4-5-15(11-17)12-20-13-16-9-10-21(14-16)18-7-2-1-3-8-18/h1-8,11,16,20H,9-10,12-14H2,(H,22,23). The molecule has 1 aliphatic rings. The SMILES string of the molecule is O=C(O)c1cccc(CNCC2CCN(c3ccccc3)C2)c1. The van der Waals surface area contributed by atoms with E-state index in [4.69, 9.17) is 5.11 Å². The maximum atomic E-state index is 11.0. The van der Waals surface area contributed by atoms with Crippen molar-refractivity contribution in [2.45, 2.75) is 13.0 Å². The summed E-state index contributed by atoms with van der Waals surface area (Å²) in [6.07, 6.45) is 1.19. The van der Waals surface area contributed by atoms with Crippen molar-refractivity contribution in [3.05, 3.63) is 65.7 Å². The van der Waals surface area contributed by atoms with Gasteiger partial charge >= 0.3 is 5.97 Å². The first-order valence-electron chi connectivity index (χ1n) is 8.05. The summed E-state index contributed by atoms with van der Waals surface area (Å²) in [6.45, 7) is 3.85. The Labute approximate surface area is 136 Å². The molecule has 0 aromatic heterocycles. The van der Waals surface area contributed by atoms with Crippen molar-refractivity contribution in [1.29, 1.82) is 0 Å². The highest BCUT2D eigenvalue weighted by Gasteiger charge is 2.22. The molecule has 0 saturated carbocycles. The summed E-state index contributed by atoms with van der Waals surface area (Å²) in [5.74, 6) is -0.237. The zero-order valence-electron chi connectivity index (χ0n) is 13.1. The fraction of sp³-hybridized carbons (Fsp3) is 0.316. The number of carboxylic acids is 1. The van der Waals surface area contributed by atoms with Gasteiger partial charge in [-0.2, -0.15) is 0 Å². The predicted octanol–water partition coefficient (Wildman–Crippen LogP) is 3.00. The van der Waals surface area contributed by atoms with Gasteiger partial charge in [0.2, 0.25) is 0 Å². The molecule has 1 atom stereocenters. The minimum absolute atomic E-state index is 0.348. The number of hydrogen-bond acceptors (Lipinski definition) is 3. The molecule has 2 aromatic carbocycles. The third-order valence-electron chi connectivity index (χ3n) is 4.34. The van der Waals surface area contributed by atoms with Crippen molar-refractivity contribution in [2.24, 2.45) is 5.92 Å². The minimum Gasteiger partial charge on any atom is -0.478 e. The van der Waals surface area contributed by atoms with Gasteiger partial charge in [0.05, 0.1) is 5.56 Å². The van der Waals surface area contributed by atoms with E-state index in [1.165, 1.54) is 12.1 Å². The molecule has 4 heteroatoms. The summed E-state index contributed by atoms with van der Waals surface area (Å²) in [4.78, 5) is 13.4. The largest absolute Gasteiger partial charge is 0.478 e. The second-order valence-electron chi connectivity index (χ2n) is 6.07. The quantitative estimate of drug-likeness (QED) is 0.861. The van der Waals surface area contributed by atoms with Crippen LogP contribution in [0.4, 0.5) is 5.69 Å². The van der Waals surface area contributed by atoms with E-state index in [-0.39, 0.29) is 0 Å². The van der Waals surface area contributed by atoms with Gasteiger partial charge in [-0.05, 0) is 42.2 Å². The molecule has 3 rings (SSSR count). The number of carboxylic acid groups (broad SMARTS) is 1. The minimum atomic E-state index is -0.874. The highest BCUT2D eigenvalue weighted by atomic mass is 16.4. The van der Waals surface area contributed by atoms with Crippen molar-refractivity contribution < 1.29 is 9.90 Å². The van der Waals surface area contributed by atoms with E-state index in [2.05, 4.69) is 34.5 Å². The van der Waals surface area contributed by atoms with E-state index in [0.29, 0.717) is 18.0 Å². The molecule has 0 radical (unpaired) electrons. The van der Waals surface area contributed by atoms with Crippen LogP contribution in [-0.2, 0) is 6.54 Å². The molecular weight excluding hydrogens is 288 g/mol. The Bertz CT molecular complexity index is 657. The molecule has 0 aliphatic carbocycles. The first-order valence-corrected chi connectivity index (χ1v) is 8.05. The summed E-state index contributed by atoms with van der Waals surface area (Å²) >= 11 is 0. The number of hydrogen-bond donors (Lipinski definition) is 2. The van der Waals surface area contributed by atoms with E-state index in [9.17, 15) is 4.79 Å². The lowest BCUT2D eigenvalue weighted by Crippen LogP contribution is -2.26. The van der Waals surface area contributed by atoms with Gasteiger partial charge in [0.1, 0.15) is 0 Å². The summed E-state index contributed by atoms with van der Waals surface area (Å²) in [7, 11) is 0. The topological polar surface area (TPSA) is 52.6 Å². The molecule has 1 fully saturated rings. The Morgan fingerprint density at radius 2 is 2.00 bits per heavy atom. The van der Waals surface area contributed by atoms with Gasteiger partial charge in [0.25, 0.3) is 0 Å². The Morgan fingerprint density at radius 3 is 2.78 bits per heavy atom. The molecule has 23 heavy (non-hydrogen) atoms. The lowest BCUT2D eigenvalue weighted by atomic mass is 10.1. The molecule has 1 unspecified atom stereocenters. The first-order chi connectivity index (χ1) is 11.2. The fourth-order valence-electron chi connectivity index (χ4n) is 3.11. The van der Waals surface area contributed by atoms with E-state index < -0.39 is 5.97 Å². The summed E-state index contributed by atoms with van der Waals surface area (Å²) in [6, 6.07) is 17.6. The van der Waals surface area contributed by atoms with Crippen LogP contribution in [0.3, 0.4) is 0 Å². The van der Waals surface area contributed by atoms with Gasteiger partial charge in [0, 0.05) is 31.9 Å². The number of anilines is 1. The number of aromatic carboxylic acids is 1. The Morgan fingerprint density at radius 1 is 1.17 bits per heavy atom. The van der Waals surface area contributed by atoms with Crippen LogP contribution in [0.25, 0.3) is 0 Å². The predicted molar refractivity (Wildman–Crippen MR) is 91.9 cm³/mol. The molecule has 2 aromatic rings. The van der Waals surface area contributed by atoms with Crippen LogP contribution in [0.2, 0.25) is 0 Å². The maximum Gasteiger partial charge on any atom is 0.335 e. The normalized spacial score (nSPS) is 17.4. The maximum absolute atomic E-state index is 11.0. The van der Waals surface area contributed by atoms with Gasteiger partial charge in [-0.3, -0.25) is 0 Å². The summed E-state index contributed by atoms with van der Waals surface area (Å²) in [5, 5.41) is 12.5. The van der Waals surface area contributed by atoms with Crippen LogP contribution in [0.15, 0.2) is 54.6 Å². The number of nitrogens with one attached hydrogen (secondary N) is 1. The second kappa shape index (κ2) is 7.29. The van der Waals surface area contributed by atoms with Crippen molar-refractivity contribution in [2.75, 3.05) is 24.5 Å². The third-order valence-corrected chi connectivity index (χ3v) is 4.34. The molecule has 1 saturated heterocycles. The van der Waals surface area contributed by atoms with Crippen LogP contribution in [-0.4, -0.2) is 30.7 Å². The monoisotopic (exact) mass is 310 g/mol. The lowest BCUT2D eigenvalue weighted by molar-refractivity contribution is 0.0696. The molecular formula is C19H22N2O2.